The van der Waals surface area contributed by atoms with Crippen molar-refractivity contribution in [1.29, 1.82) is 0 Å². The summed E-state index contributed by atoms with van der Waals surface area (Å²) in [4.78, 5) is 14.0. The Labute approximate surface area is 312 Å². The number of rotatable bonds is 4. The average Bonchev–Trinajstić information content (AvgIpc) is 2.97. The van der Waals surface area contributed by atoms with Crippen molar-refractivity contribution in [2.75, 3.05) is 0 Å². The van der Waals surface area contributed by atoms with Gasteiger partial charge in [-0.25, -0.2) is 4.79 Å². The highest BCUT2D eigenvalue weighted by Crippen LogP contribution is 2.67. The predicted molar refractivity (Wildman–Crippen MR) is 220 cm³/mol. The van der Waals surface area contributed by atoms with Gasteiger partial charge in [-0.05, 0) is 84.1 Å². The standard InChI is InChI=1S/C49H68O2/c1-43(2,3)34-24-25-37(38(31-34)46(10,11)12)41-40(33-28-35(44(4,5)6)30-36(29-33)45(7,8)9)39(51-42(50)32-22-20-19-21-23-32)26-27-49(41,47(13,14)15)48(16,17)18/h19-31,41H,1-18H3. The second-order valence-corrected chi connectivity index (χ2v) is 21.3. The Morgan fingerprint density at radius 2 is 1.06 bits per heavy atom. The fourth-order valence-corrected chi connectivity index (χ4v) is 8.36. The van der Waals surface area contributed by atoms with Crippen molar-refractivity contribution in [1.82, 2.24) is 0 Å². The van der Waals surface area contributed by atoms with E-state index < -0.39 is 0 Å². The summed E-state index contributed by atoms with van der Waals surface area (Å²) >= 11 is 0. The van der Waals surface area contributed by atoms with Crippen molar-refractivity contribution in [3.63, 3.8) is 0 Å². The van der Waals surface area contributed by atoms with Crippen LogP contribution in [0.2, 0.25) is 0 Å². The van der Waals surface area contributed by atoms with E-state index in [1.165, 1.54) is 27.8 Å². The molecule has 0 saturated carbocycles. The Morgan fingerprint density at radius 3 is 1.49 bits per heavy atom. The number of allylic oxidation sites excluding steroid dienone is 3. The van der Waals surface area contributed by atoms with E-state index in [1.54, 1.807) is 0 Å². The van der Waals surface area contributed by atoms with Crippen LogP contribution >= 0.6 is 0 Å². The van der Waals surface area contributed by atoms with Crippen molar-refractivity contribution in [2.24, 2.45) is 16.2 Å². The van der Waals surface area contributed by atoms with Gasteiger partial charge in [0.2, 0.25) is 0 Å². The third-order valence-electron chi connectivity index (χ3n) is 11.2. The molecule has 51 heavy (non-hydrogen) atoms. The summed E-state index contributed by atoms with van der Waals surface area (Å²) in [5.74, 6) is 0.156. The minimum Gasteiger partial charge on any atom is -0.423 e. The molecule has 0 saturated heterocycles. The topological polar surface area (TPSA) is 26.3 Å². The molecule has 0 amide bonds. The van der Waals surface area contributed by atoms with Crippen molar-refractivity contribution in [3.8, 4) is 0 Å². The second kappa shape index (κ2) is 13.2. The molecule has 3 aromatic carbocycles. The SMILES string of the molecule is CC(C)(C)c1cc(C2=C(OC(=O)c3ccccc3)C=CC(C(C)(C)C)(C(C)(C)C)C2c2ccc(C(C)(C)C)cc2C(C)(C)C)cc(C(C)(C)C)c1. The fraction of sp³-hybridized carbons (Fsp3) is 0.531. The molecule has 2 nitrogen and oxygen atoms in total. The van der Waals surface area contributed by atoms with Gasteiger partial charge in [0.15, 0.2) is 0 Å². The van der Waals surface area contributed by atoms with Crippen molar-refractivity contribution >= 4 is 11.5 Å². The van der Waals surface area contributed by atoms with Crippen molar-refractivity contribution in [2.45, 2.75) is 152 Å². The third-order valence-corrected chi connectivity index (χ3v) is 11.2. The molecule has 3 aromatic rings. The normalized spacial score (nSPS) is 17.5. The molecule has 4 rings (SSSR count). The molecule has 0 N–H and O–H groups in total. The van der Waals surface area contributed by atoms with Crippen LogP contribution in [0.1, 0.15) is 174 Å². The Bertz CT molecular complexity index is 1760. The van der Waals surface area contributed by atoms with Gasteiger partial charge in [-0.3, -0.25) is 0 Å². The number of ether oxygens (including phenoxy) is 1. The van der Waals surface area contributed by atoms with Crippen LogP contribution in [0, 0.1) is 16.2 Å². The molecule has 0 aliphatic heterocycles. The van der Waals surface area contributed by atoms with E-state index in [4.69, 9.17) is 4.74 Å². The highest BCUT2D eigenvalue weighted by Gasteiger charge is 2.58. The molecule has 0 bridgehead atoms. The quantitative estimate of drug-likeness (QED) is 0.255. The minimum absolute atomic E-state index is 0.00612. The Balaban J connectivity index is 2.30. The zero-order valence-corrected chi connectivity index (χ0v) is 35.4. The lowest BCUT2D eigenvalue weighted by Crippen LogP contribution is -2.51. The van der Waals surface area contributed by atoms with E-state index >= 15 is 0 Å². The largest absolute Gasteiger partial charge is 0.423 e. The number of hydrogen-bond acceptors (Lipinski definition) is 2. The second-order valence-electron chi connectivity index (χ2n) is 21.3. The molecule has 0 fully saturated rings. The number of carbonyl (C=O) groups is 1. The van der Waals surface area contributed by atoms with Crippen LogP contribution in [-0.4, -0.2) is 5.97 Å². The van der Waals surface area contributed by atoms with Gasteiger partial charge >= 0.3 is 5.97 Å². The zero-order chi connectivity index (χ0) is 38.8. The molecule has 1 atom stereocenters. The fourth-order valence-electron chi connectivity index (χ4n) is 8.36. The van der Waals surface area contributed by atoms with E-state index in [-0.39, 0.29) is 49.8 Å². The molecule has 0 spiro atoms. The first-order valence-electron chi connectivity index (χ1n) is 19.0. The highest BCUT2D eigenvalue weighted by molar-refractivity contribution is 5.92. The zero-order valence-electron chi connectivity index (χ0n) is 35.4. The lowest BCUT2D eigenvalue weighted by molar-refractivity contribution is 0.00252. The maximum atomic E-state index is 14.0. The monoisotopic (exact) mass is 689 g/mol. The number of hydrogen-bond donors (Lipinski definition) is 0. The first-order valence-corrected chi connectivity index (χ1v) is 19.0. The maximum absolute atomic E-state index is 14.0. The molecule has 1 unspecified atom stereocenters. The first kappa shape index (κ1) is 40.4. The summed E-state index contributed by atoms with van der Waals surface area (Å²) in [6.45, 7) is 42.0. The van der Waals surface area contributed by atoms with Crippen LogP contribution in [0.15, 0.2) is 84.6 Å². The van der Waals surface area contributed by atoms with Gasteiger partial charge in [-0.15, -0.1) is 0 Å². The van der Waals surface area contributed by atoms with E-state index in [0.717, 1.165) is 11.1 Å². The Hall–Kier alpha value is -3.39. The average molecular weight is 689 g/mol. The van der Waals surface area contributed by atoms with E-state index in [9.17, 15) is 4.79 Å². The van der Waals surface area contributed by atoms with E-state index in [2.05, 4.69) is 173 Å². The van der Waals surface area contributed by atoms with E-state index in [1.807, 2.05) is 30.3 Å². The van der Waals surface area contributed by atoms with Crippen molar-refractivity contribution in [3.05, 3.63) is 124 Å². The van der Waals surface area contributed by atoms with Gasteiger partial charge in [-0.2, -0.15) is 0 Å². The molecule has 0 aromatic heterocycles. The Morgan fingerprint density at radius 1 is 0.569 bits per heavy atom. The minimum atomic E-state index is -0.374. The van der Waals surface area contributed by atoms with Crippen LogP contribution in [0.4, 0.5) is 0 Å². The highest BCUT2D eigenvalue weighted by atomic mass is 16.5. The number of benzene rings is 3. The molecule has 0 radical (unpaired) electrons. The van der Waals surface area contributed by atoms with Gasteiger partial charge < -0.3 is 4.74 Å². The van der Waals surface area contributed by atoms with Crippen LogP contribution in [-0.2, 0) is 26.4 Å². The van der Waals surface area contributed by atoms with Gasteiger partial charge in [0.1, 0.15) is 5.76 Å². The summed E-state index contributed by atoms with van der Waals surface area (Å²) in [5.41, 5.74) is 8.18. The third kappa shape index (κ3) is 8.01. The molecular weight excluding hydrogens is 621 g/mol. The molecule has 0 heterocycles. The number of esters is 1. The molecular formula is C49H68O2. The van der Waals surface area contributed by atoms with Gasteiger partial charge in [-0.1, -0.05) is 185 Å². The molecule has 1 aliphatic rings. The Kier molecular flexibility index (Phi) is 10.5. The smallest absolute Gasteiger partial charge is 0.343 e. The molecule has 1 aliphatic carbocycles. The lowest BCUT2D eigenvalue weighted by atomic mass is 9.44. The van der Waals surface area contributed by atoms with Crippen LogP contribution < -0.4 is 0 Å². The summed E-state index contributed by atoms with van der Waals surface area (Å²) < 4.78 is 6.62. The molecule has 2 heteroatoms. The predicted octanol–water partition coefficient (Wildman–Crippen LogP) is 13.9. The lowest BCUT2D eigenvalue weighted by Gasteiger charge is -2.59. The number of carbonyl (C=O) groups excluding carboxylic acids is 1. The first-order chi connectivity index (χ1) is 23.0. The summed E-state index contributed by atoms with van der Waals surface area (Å²) in [6, 6.07) is 23.7. The van der Waals surface area contributed by atoms with E-state index in [0.29, 0.717) is 11.3 Å². The summed E-state index contributed by atoms with van der Waals surface area (Å²) in [5, 5.41) is 0. The van der Waals surface area contributed by atoms with Crippen LogP contribution in [0.5, 0.6) is 0 Å². The van der Waals surface area contributed by atoms with Gasteiger partial charge in [0, 0.05) is 16.9 Å². The van der Waals surface area contributed by atoms with Crippen LogP contribution in [0.3, 0.4) is 0 Å². The van der Waals surface area contributed by atoms with Crippen LogP contribution in [0.25, 0.3) is 5.57 Å². The molecule has 276 valence electrons. The summed E-state index contributed by atoms with van der Waals surface area (Å²) in [6.07, 6.45) is 4.53. The van der Waals surface area contributed by atoms with Gasteiger partial charge in [0.25, 0.3) is 0 Å². The van der Waals surface area contributed by atoms with Crippen molar-refractivity contribution < 1.29 is 9.53 Å². The maximum Gasteiger partial charge on any atom is 0.343 e. The van der Waals surface area contributed by atoms with Gasteiger partial charge in [0.05, 0.1) is 5.56 Å². The summed E-state index contributed by atoms with van der Waals surface area (Å²) in [7, 11) is 0.